The van der Waals surface area contributed by atoms with Crippen molar-refractivity contribution in [2.24, 2.45) is 0 Å². The molecule has 7 heteroatoms. The van der Waals surface area contributed by atoms with Crippen LogP contribution in [0.5, 0.6) is 0 Å². The van der Waals surface area contributed by atoms with Crippen LogP contribution in [0.3, 0.4) is 0 Å². The quantitative estimate of drug-likeness (QED) is 0.760. The summed E-state index contributed by atoms with van der Waals surface area (Å²) in [6.45, 7) is 3.18. The maximum absolute atomic E-state index is 13.1. The molecule has 128 valence electrons. The van der Waals surface area contributed by atoms with E-state index in [-0.39, 0.29) is 4.90 Å². The highest BCUT2D eigenvalue weighted by Crippen LogP contribution is 2.30. The highest BCUT2D eigenvalue weighted by atomic mass is 35.5. The Morgan fingerprint density at radius 1 is 1.08 bits per heavy atom. The SMILES string of the molecule is COC(=O)CN(c1c(C)cccc1C)S(=O)(=O)c1ccc(Cl)cc1. The smallest absolute Gasteiger partial charge is 0.326 e. The van der Waals surface area contributed by atoms with E-state index in [1.54, 1.807) is 26.0 Å². The minimum absolute atomic E-state index is 0.0541. The zero-order valence-corrected chi connectivity index (χ0v) is 15.2. The largest absolute Gasteiger partial charge is 0.468 e. The Morgan fingerprint density at radius 3 is 2.12 bits per heavy atom. The van der Waals surface area contributed by atoms with Gasteiger partial charge in [-0.05, 0) is 49.2 Å². The van der Waals surface area contributed by atoms with Gasteiger partial charge in [0.1, 0.15) is 6.54 Å². The molecule has 0 bridgehead atoms. The maximum Gasteiger partial charge on any atom is 0.326 e. The van der Waals surface area contributed by atoms with Gasteiger partial charge in [0.15, 0.2) is 0 Å². The minimum Gasteiger partial charge on any atom is -0.468 e. The molecule has 0 saturated heterocycles. The van der Waals surface area contributed by atoms with Gasteiger partial charge in [-0.15, -0.1) is 0 Å². The number of ether oxygens (including phenoxy) is 1. The molecular weight excluding hydrogens is 350 g/mol. The first-order valence-electron chi connectivity index (χ1n) is 7.18. The third-order valence-electron chi connectivity index (χ3n) is 3.59. The fourth-order valence-electron chi connectivity index (χ4n) is 2.40. The van der Waals surface area contributed by atoms with Crippen LogP contribution in [0.15, 0.2) is 47.4 Å². The van der Waals surface area contributed by atoms with Gasteiger partial charge >= 0.3 is 5.97 Å². The number of hydrogen-bond donors (Lipinski definition) is 0. The number of hydrogen-bond acceptors (Lipinski definition) is 4. The number of aryl methyl sites for hydroxylation is 2. The number of halogens is 1. The number of para-hydroxylation sites is 1. The summed E-state index contributed by atoms with van der Waals surface area (Å²) in [5.74, 6) is -0.643. The van der Waals surface area contributed by atoms with E-state index in [1.807, 2.05) is 6.07 Å². The molecule has 24 heavy (non-hydrogen) atoms. The molecule has 0 heterocycles. The Labute approximate surface area is 146 Å². The molecule has 0 spiro atoms. The Morgan fingerprint density at radius 2 is 1.62 bits per heavy atom. The van der Waals surface area contributed by atoms with Gasteiger partial charge in [-0.3, -0.25) is 9.10 Å². The number of carbonyl (C=O) groups excluding carboxylic acids is 1. The second-order valence-corrected chi connectivity index (χ2v) is 7.58. The van der Waals surface area contributed by atoms with Crippen LogP contribution in [0.4, 0.5) is 5.69 Å². The molecule has 2 aromatic rings. The average molecular weight is 368 g/mol. The van der Waals surface area contributed by atoms with E-state index < -0.39 is 22.5 Å². The molecule has 0 aromatic heterocycles. The standard InChI is InChI=1S/C17H18ClNO4S/c1-12-5-4-6-13(2)17(12)19(11-16(20)23-3)24(21,22)15-9-7-14(18)8-10-15/h4-10H,11H2,1-3H3. The van der Waals surface area contributed by atoms with E-state index >= 15 is 0 Å². The summed E-state index contributed by atoms with van der Waals surface area (Å²) in [6.07, 6.45) is 0. The van der Waals surface area contributed by atoms with Crippen molar-refractivity contribution < 1.29 is 17.9 Å². The molecule has 0 fully saturated rings. The highest BCUT2D eigenvalue weighted by molar-refractivity contribution is 7.92. The fraction of sp³-hybridized carbons (Fsp3) is 0.235. The van der Waals surface area contributed by atoms with Crippen LogP contribution < -0.4 is 4.31 Å². The number of nitrogens with zero attached hydrogens (tertiary/aromatic N) is 1. The molecule has 0 saturated carbocycles. The van der Waals surface area contributed by atoms with Crippen LogP contribution >= 0.6 is 11.6 Å². The number of benzene rings is 2. The van der Waals surface area contributed by atoms with Crippen molar-refractivity contribution in [3.63, 3.8) is 0 Å². The van der Waals surface area contributed by atoms with Gasteiger partial charge in [-0.2, -0.15) is 0 Å². The van der Waals surface area contributed by atoms with Crippen molar-refractivity contribution in [2.75, 3.05) is 18.0 Å². The van der Waals surface area contributed by atoms with Crippen molar-refractivity contribution in [2.45, 2.75) is 18.7 Å². The molecule has 0 amide bonds. The predicted octanol–water partition coefficient (Wildman–Crippen LogP) is 3.33. The van der Waals surface area contributed by atoms with Crippen LogP contribution in [0.25, 0.3) is 0 Å². The van der Waals surface area contributed by atoms with Crippen molar-refractivity contribution >= 4 is 33.3 Å². The molecule has 5 nitrogen and oxygen atoms in total. The maximum atomic E-state index is 13.1. The lowest BCUT2D eigenvalue weighted by Crippen LogP contribution is -2.37. The Hall–Kier alpha value is -2.05. The van der Waals surface area contributed by atoms with Crippen molar-refractivity contribution in [3.8, 4) is 0 Å². The summed E-state index contributed by atoms with van der Waals surface area (Å²) in [6, 6.07) is 11.2. The molecule has 0 aliphatic heterocycles. The van der Waals surface area contributed by atoms with E-state index in [0.717, 1.165) is 15.4 Å². The monoisotopic (exact) mass is 367 g/mol. The summed E-state index contributed by atoms with van der Waals surface area (Å²) >= 11 is 5.83. The third-order valence-corrected chi connectivity index (χ3v) is 5.60. The van der Waals surface area contributed by atoms with Crippen LogP contribution in [-0.2, 0) is 19.6 Å². The summed E-state index contributed by atoms with van der Waals surface area (Å²) < 4.78 is 31.9. The van der Waals surface area contributed by atoms with Crippen LogP contribution in [0, 0.1) is 13.8 Å². The molecule has 0 aliphatic carbocycles. The summed E-state index contributed by atoms with van der Waals surface area (Å²) in [4.78, 5) is 11.9. The second-order valence-electron chi connectivity index (χ2n) is 5.28. The first kappa shape index (κ1) is 18.3. The molecule has 0 radical (unpaired) electrons. The zero-order valence-electron chi connectivity index (χ0n) is 13.6. The first-order valence-corrected chi connectivity index (χ1v) is 9.00. The number of esters is 1. The molecule has 0 unspecified atom stereocenters. The van der Waals surface area contributed by atoms with E-state index in [9.17, 15) is 13.2 Å². The van der Waals surface area contributed by atoms with Gasteiger partial charge in [-0.1, -0.05) is 29.8 Å². The predicted molar refractivity (Wildman–Crippen MR) is 93.9 cm³/mol. The van der Waals surface area contributed by atoms with Gasteiger partial charge in [-0.25, -0.2) is 8.42 Å². The second kappa shape index (κ2) is 7.23. The normalized spacial score (nSPS) is 11.2. The van der Waals surface area contributed by atoms with Gasteiger partial charge in [0.2, 0.25) is 0 Å². The van der Waals surface area contributed by atoms with E-state index in [2.05, 4.69) is 4.74 Å². The van der Waals surface area contributed by atoms with Gasteiger partial charge in [0.25, 0.3) is 10.0 Å². The topological polar surface area (TPSA) is 63.7 Å². The number of sulfonamides is 1. The lowest BCUT2D eigenvalue weighted by molar-refractivity contribution is -0.138. The van der Waals surface area contributed by atoms with Crippen LogP contribution in [0.1, 0.15) is 11.1 Å². The average Bonchev–Trinajstić information content (AvgIpc) is 2.53. The van der Waals surface area contributed by atoms with Crippen LogP contribution in [0.2, 0.25) is 5.02 Å². The van der Waals surface area contributed by atoms with Crippen molar-refractivity contribution in [3.05, 3.63) is 58.6 Å². The summed E-state index contributed by atoms with van der Waals surface area (Å²) in [5, 5.41) is 0.431. The fourth-order valence-corrected chi connectivity index (χ4v) is 4.06. The number of carbonyl (C=O) groups is 1. The van der Waals surface area contributed by atoms with Gasteiger partial charge in [0, 0.05) is 5.02 Å². The molecule has 2 rings (SSSR count). The molecule has 0 N–H and O–H groups in total. The van der Waals surface area contributed by atoms with Gasteiger partial charge < -0.3 is 4.74 Å². The zero-order chi connectivity index (χ0) is 17.9. The lowest BCUT2D eigenvalue weighted by atomic mass is 10.1. The van der Waals surface area contributed by atoms with Gasteiger partial charge in [0.05, 0.1) is 17.7 Å². The number of methoxy groups -OCH3 is 1. The van der Waals surface area contributed by atoms with E-state index in [0.29, 0.717) is 10.7 Å². The van der Waals surface area contributed by atoms with Crippen molar-refractivity contribution in [1.82, 2.24) is 0 Å². The Kier molecular flexibility index (Phi) is 5.51. The Balaban J connectivity index is 2.62. The number of anilines is 1. The highest BCUT2D eigenvalue weighted by Gasteiger charge is 2.29. The summed E-state index contributed by atoms with van der Waals surface area (Å²) in [7, 11) is -2.72. The molecular formula is C17H18ClNO4S. The van der Waals surface area contributed by atoms with Crippen molar-refractivity contribution in [1.29, 1.82) is 0 Å². The minimum atomic E-state index is -3.95. The van der Waals surface area contributed by atoms with E-state index in [1.165, 1.54) is 31.4 Å². The lowest BCUT2D eigenvalue weighted by Gasteiger charge is -2.26. The van der Waals surface area contributed by atoms with Crippen LogP contribution in [-0.4, -0.2) is 28.0 Å². The Bertz CT molecular complexity index is 827. The molecule has 0 aliphatic rings. The number of rotatable bonds is 5. The third kappa shape index (κ3) is 3.71. The summed E-state index contributed by atoms with van der Waals surface area (Å²) in [5.41, 5.74) is 1.96. The first-order chi connectivity index (χ1) is 11.3. The van der Waals surface area contributed by atoms with E-state index in [4.69, 9.17) is 11.6 Å². The molecule has 2 aromatic carbocycles. The molecule has 0 atom stereocenters.